The molecule has 5 heterocycles. The summed E-state index contributed by atoms with van der Waals surface area (Å²) < 4.78 is 6.73. The molecule has 15 nitrogen and oxygen atoms in total. The minimum absolute atomic E-state index is 0.0129. The van der Waals surface area contributed by atoms with Crippen LogP contribution in [0.4, 0.5) is 10.5 Å². The van der Waals surface area contributed by atoms with Gasteiger partial charge in [-0.15, -0.1) is 21.5 Å². The standard InChI is InChI=1S/C34H32ClN9O6S2/c1-17-41-42-28-24(14-25(45)50-2)39-15-21-26(18-6-8-19(35)9-7-18)27(51-32(21)44(17)28)29(46)38-13-11-36-10-12-37-23-5-3-4-20-22(23)16-43(31(20)48)33-30(47)40-34(49)52-33/h3-9,15,24,33,36-37H,10-14,16H2,1-2H3,(H,38,46)(H,40,47,49)/t24-,33?/m0/s1. The van der Waals surface area contributed by atoms with Crippen LogP contribution < -0.4 is 21.3 Å². The number of esters is 1. The van der Waals surface area contributed by atoms with Gasteiger partial charge >= 0.3 is 5.97 Å². The number of aryl methyl sites for hydroxylation is 1. The second-order valence-electron chi connectivity index (χ2n) is 12.0. The number of amides is 4. The van der Waals surface area contributed by atoms with Crippen LogP contribution in [-0.4, -0.2) is 93.5 Å². The van der Waals surface area contributed by atoms with Crippen LogP contribution in [0, 0.1) is 6.92 Å². The predicted octanol–water partition coefficient (Wildman–Crippen LogP) is 3.69. The molecule has 2 atom stereocenters. The van der Waals surface area contributed by atoms with Gasteiger partial charge in [0, 0.05) is 65.4 Å². The van der Waals surface area contributed by atoms with Crippen LogP contribution in [0.3, 0.4) is 0 Å². The first kappa shape index (κ1) is 35.3. The van der Waals surface area contributed by atoms with Gasteiger partial charge in [-0.05, 0) is 48.5 Å². The smallest absolute Gasteiger partial charge is 0.308 e. The van der Waals surface area contributed by atoms with Crippen molar-refractivity contribution in [1.82, 2.24) is 35.6 Å². The Hall–Kier alpha value is -5.10. The summed E-state index contributed by atoms with van der Waals surface area (Å²) in [5, 5.41) is 20.4. The lowest BCUT2D eigenvalue weighted by Gasteiger charge is -2.19. The molecule has 3 aliphatic rings. The van der Waals surface area contributed by atoms with Crippen LogP contribution >= 0.6 is 34.7 Å². The third-order valence-corrected chi connectivity index (χ3v) is 11.2. The molecule has 0 spiro atoms. The number of hydrogen-bond acceptors (Lipinski definition) is 13. The summed E-state index contributed by atoms with van der Waals surface area (Å²) in [6.45, 7) is 3.96. The van der Waals surface area contributed by atoms with Crippen LogP contribution in [0.2, 0.25) is 5.02 Å². The number of ether oxygens (including phenoxy) is 1. The molecule has 1 fully saturated rings. The molecule has 0 aliphatic carbocycles. The number of anilines is 1. The van der Waals surface area contributed by atoms with Crippen molar-refractivity contribution < 1.29 is 28.7 Å². The average Bonchev–Trinajstić information content (AvgIpc) is 3.86. The van der Waals surface area contributed by atoms with Gasteiger partial charge < -0.3 is 25.6 Å². The Morgan fingerprint density at radius 2 is 1.85 bits per heavy atom. The van der Waals surface area contributed by atoms with Crippen molar-refractivity contribution in [2.45, 2.75) is 31.3 Å². The Morgan fingerprint density at radius 3 is 2.60 bits per heavy atom. The molecule has 7 rings (SSSR count). The molecule has 3 aliphatic heterocycles. The fourth-order valence-electron chi connectivity index (χ4n) is 6.26. The van der Waals surface area contributed by atoms with Crippen LogP contribution in [0.25, 0.3) is 16.1 Å². The van der Waals surface area contributed by atoms with E-state index in [1.54, 1.807) is 37.4 Å². The van der Waals surface area contributed by atoms with Gasteiger partial charge in [0.15, 0.2) is 11.2 Å². The Kier molecular flexibility index (Phi) is 10.1. The minimum atomic E-state index is -0.883. The van der Waals surface area contributed by atoms with Crippen molar-refractivity contribution in [3.8, 4) is 16.1 Å². The highest BCUT2D eigenvalue weighted by atomic mass is 35.5. The summed E-state index contributed by atoms with van der Waals surface area (Å²) in [4.78, 5) is 69.4. The molecule has 0 bridgehead atoms. The molecule has 18 heteroatoms. The van der Waals surface area contributed by atoms with E-state index in [0.717, 1.165) is 28.6 Å². The molecule has 2 aromatic carbocycles. The number of fused-ring (bicyclic) bond motifs is 4. The fourth-order valence-corrected chi connectivity index (χ4v) is 8.48. The van der Waals surface area contributed by atoms with Gasteiger partial charge in [-0.1, -0.05) is 29.8 Å². The summed E-state index contributed by atoms with van der Waals surface area (Å²) in [5.41, 5.74) is 4.21. The SMILES string of the molecule is COC(=O)C[C@@H]1N=Cc2c(sc(C(=O)NCCNCCNc3cccc4c3CN(C3SC(=O)NC3=O)C4=O)c2-c2ccc(Cl)cc2)-n2c(C)nnc21. The van der Waals surface area contributed by atoms with Crippen LogP contribution in [0.1, 0.15) is 55.3 Å². The van der Waals surface area contributed by atoms with E-state index < -0.39 is 28.5 Å². The number of thiophene rings is 1. The Labute approximate surface area is 310 Å². The molecule has 1 saturated heterocycles. The molecule has 268 valence electrons. The zero-order valence-electron chi connectivity index (χ0n) is 27.9. The first-order valence-electron chi connectivity index (χ1n) is 16.3. The summed E-state index contributed by atoms with van der Waals surface area (Å²) in [6.07, 6.45) is 1.67. The monoisotopic (exact) mass is 761 g/mol. The van der Waals surface area contributed by atoms with Crippen LogP contribution in [-0.2, 0) is 20.9 Å². The van der Waals surface area contributed by atoms with E-state index in [1.807, 2.05) is 22.8 Å². The molecule has 2 aromatic heterocycles. The molecule has 4 N–H and O–H groups in total. The normalized spacial score (nSPS) is 17.4. The number of rotatable bonds is 12. The van der Waals surface area contributed by atoms with E-state index in [9.17, 15) is 24.0 Å². The highest BCUT2D eigenvalue weighted by molar-refractivity contribution is 8.15. The van der Waals surface area contributed by atoms with E-state index >= 15 is 0 Å². The number of nitrogens with zero attached hydrogens (tertiary/aromatic N) is 5. The quantitative estimate of drug-likeness (QED) is 0.122. The number of nitrogens with one attached hydrogen (secondary N) is 4. The van der Waals surface area contributed by atoms with Crippen molar-refractivity contribution in [1.29, 1.82) is 0 Å². The minimum Gasteiger partial charge on any atom is -0.469 e. The Morgan fingerprint density at radius 1 is 1.06 bits per heavy atom. The van der Waals surface area contributed by atoms with Gasteiger partial charge in [0.25, 0.3) is 23.0 Å². The number of aromatic nitrogens is 3. The lowest BCUT2D eigenvalue weighted by atomic mass is 10.0. The van der Waals surface area contributed by atoms with Gasteiger partial charge in [0.2, 0.25) is 0 Å². The van der Waals surface area contributed by atoms with Gasteiger partial charge in [-0.3, -0.25) is 38.8 Å². The van der Waals surface area contributed by atoms with Crippen molar-refractivity contribution in [3.05, 3.63) is 80.7 Å². The van der Waals surface area contributed by atoms with Gasteiger partial charge in [0.05, 0.1) is 20.1 Å². The molecule has 52 heavy (non-hydrogen) atoms. The van der Waals surface area contributed by atoms with E-state index in [1.165, 1.54) is 23.3 Å². The van der Waals surface area contributed by atoms with Crippen LogP contribution in [0.15, 0.2) is 47.5 Å². The molecule has 4 aromatic rings. The predicted molar refractivity (Wildman–Crippen MR) is 196 cm³/mol. The number of imide groups is 1. The summed E-state index contributed by atoms with van der Waals surface area (Å²) in [6, 6.07) is 12.0. The lowest BCUT2D eigenvalue weighted by Crippen LogP contribution is -2.39. The summed E-state index contributed by atoms with van der Waals surface area (Å²) in [5.74, 6) is -0.401. The third kappa shape index (κ3) is 6.79. The van der Waals surface area contributed by atoms with Crippen LogP contribution in [0.5, 0.6) is 0 Å². The summed E-state index contributed by atoms with van der Waals surface area (Å²) >= 11 is 8.30. The summed E-state index contributed by atoms with van der Waals surface area (Å²) in [7, 11) is 1.32. The number of halogens is 1. The highest BCUT2D eigenvalue weighted by Crippen LogP contribution is 2.42. The maximum Gasteiger partial charge on any atom is 0.308 e. The molecular formula is C34H32ClN9O6S2. The molecule has 0 saturated carbocycles. The number of hydrogen-bond donors (Lipinski definition) is 4. The first-order chi connectivity index (χ1) is 25.1. The number of benzene rings is 2. The maximum atomic E-state index is 13.8. The average molecular weight is 762 g/mol. The highest BCUT2D eigenvalue weighted by Gasteiger charge is 2.43. The Bertz CT molecular complexity index is 2130. The number of carbonyl (C=O) groups is 5. The third-order valence-electron chi connectivity index (χ3n) is 8.74. The second kappa shape index (κ2) is 14.9. The van der Waals surface area contributed by atoms with E-state index in [-0.39, 0.29) is 24.8 Å². The van der Waals surface area contributed by atoms with E-state index in [2.05, 4.69) is 31.5 Å². The molecule has 4 amide bonds. The number of aliphatic imine (C=N–C) groups is 1. The zero-order valence-corrected chi connectivity index (χ0v) is 30.3. The Balaban J connectivity index is 0.997. The molecular weight excluding hydrogens is 730 g/mol. The van der Waals surface area contributed by atoms with E-state index in [4.69, 9.17) is 21.3 Å². The van der Waals surface area contributed by atoms with Gasteiger partial charge in [-0.2, -0.15) is 0 Å². The zero-order chi connectivity index (χ0) is 36.5. The van der Waals surface area contributed by atoms with E-state index in [0.29, 0.717) is 69.4 Å². The number of thioether (sulfide) groups is 1. The first-order valence-corrected chi connectivity index (χ1v) is 18.3. The van der Waals surface area contributed by atoms with Crippen molar-refractivity contribution >= 4 is 75.5 Å². The largest absolute Gasteiger partial charge is 0.469 e. The van der Waals surface area contributed by atoms with Crippen molar-refractivity contribution in [2.75, 3.05) is 38.6 Å². The number of methoxy groups -OCH3 is 1. The van der Waals surface area contributed by atoms with Gasteiger partial charge in [0.1, 0.15) is 21.7 Å². The van der Waals surface area contributed by atoms with Crippen molar-refractivity contribution in [2.24, 2.45) is 4.99 Å². The topological polar surface area (TPSA) is 189 Å². The van der Waals surface area contributed by atoms with Gasteiger partial charge in [-0.25, -0.2) is 0 Å². The molecule has 0 radical (unpaired) electrons. The maximum absolute atomic E-state index is 13.8. The number of carbonyl (C=O) groups excluding carboxylic acids is 5. The lowest BCUT2D eigenvalue weighted by molar-refractivity contribution is -0.141. The second-order valence-corrected chi connectivity index (χ2v) is 14.5. The molecule has 1 unspecified atom stereocenters. The van der Waals surface area contributed by atoms with Crippen molar-refractivity contribution in [3.63, 3.8) is 0 Å². The fraction of sp³-hybridized carbons (Fsp3) is 0.294.